The molecule has 0 radical (unpaired) electrons. The van der Waals surface area contributed by atoms with Gasteiger partial charge in [0, 0.05) is 5.56 Å². The van der Waals surface area contributed by atoms with E-state index in [1.165, 1.54) is 12.1 Å². The Morgan fingerprint density at radius 1 is 1.35 bits per heavy atom. The first-order chi connectivity index (χ1) is 7.93. The summed E-state index contributed by atoms with van der Waals surface area (Å²) in [5.41, 5.74) is 10.3. The average Bonchev–Trinajstić information content (AvgIpc) is 2.54. The number of carbonyl (C=O) groups is 3. The van der Waals surface area contributed by atoms with Crippen molar-refractivity contribution < 1.29 is 14.4 Å². The highest BCUT2D eigenvalue weighted by Crippen LogP contribution is 2.27. The molecule has 1 heterocycles. The molecule has 3 amide bonds. The highest BCUT2D eigenvalue weighted by Gasteiger charge is 2.44. The Morgan fingerprint density at radius 2 is 2.06 bits per heavy atom. The van der Waals surface area contributed by atoms with E-state index in [1.54, 1.807) is 12.1 Å². The molecule has 1 aromatic rings. The number of primary amides is 1. The van der Waals surface area contributed by atoms with Crippen LogP contribution in [-0.2, 0) is 15.1 Å². The van der Waals surface area contributed by atoms with E-state index in [4.69, 9.17) is 11.5 Å². The Morgan fingerprint density at radius 3 is 2.59 bits per heavy atom. The molecular weight excluding hydrogens is 222 g/mol. The molecule has 1 unspecified atom stereocenters. The summed E-state index contributed by atoms with van der Waals surface area (Å²) in [5.74, 6) is -1.61. The van der Waals surface area contributed by atoms with Crippen molar-refractivity contribution in [3.8, 4) is 0 Å². The van der Waals surface area contributed by atoms with Crippen molar-refractivity contribution in [1.29, 1.82) is 0 Å². The van der Waals surface area contributed by atoms with Crippen LogP contribution in [0.25, 0.3) is 0 Å². The number of rotatable bonds is 2. The van der Waals surface area contributed by atoms with E-state index in [9.17, 15) is 14.4 Å². The van der Waals surface area contributed by atoms with Crippen molar-refractivity contribution >= 4 is 17.7 Å². The highest BCUT2D eigenvalue weighted by molar-refractivity contribution is 6.08. The van der Waals surface area contributed by atoms with Crippen LogP contribution >= 0.6 is 0 Å². The van der Waals surface area contributed by atoms with E-state index in [0.717, 1.165) is 0 Å². The zero-order chi connectivity index (χ0) is 12.6. The van der Waals surface area contributed by atoms with Crippen LogP contribution in [0, 0.1) is 0 Å². The van der Waals surface area contributed by atoms with Crippen LogP contribution in [0.1, 0.15) is 22.3 Å². The van der Waals surface area contributed by atoms with E-state index in [-0.39, 0.29) is 12.0 Å². The van der Waals surface area contributed by atoms with Gasteiger partial charge < -0.3 is 11.5 Å². The molecule has 2 rings (SSSR count). The molecule has 1 aliphatic heterocycles. The van der Waals surface area contributed by atoms with Gasteiger partial charge in [-0.1, -0.05) is 12.1 Å². The second-order valence-corrected chi connectivity index (χ2v) is 3.97. The molecular formula is C11H11N3O3. The summed E-state index contributed by atoms with van der Waals surface area (Å²) in [6.45, 7) is 0. The lowest BCUT2D eigenvalue weighted by Crippen LogP contribution is -2.44. The molecule has 5 N–H and O–H groups in total. The van der Waals surface area contributed by atoms with Crippen LogP contribution in [0.2, 0.25) is 0 Å². The summed E-state index contributed by atoms with van der Waals surface area (Å²) in [6.07, 6.45) is -0.131. The van der Waals surface area contributed by atoms with Crippen LogP contribution in [0.15, 0.2) is 24.3 Å². The van der Waals surface area contributed by atoms with Gasteiger partial charge in [-0.2, -0.15) is 0 Å². The molecule has 6 heteroatoms. The molecule has 0 saturated carbocycles. The smallest absolute Gasteiger partial charge is 0.251 e. The lowest BCUT2D eigenvalue weighted by Gasteiger charge is -2.20. The molecule has 1 saturated heterocycles. The first-order valence-electron chi connectivity index (χ1n) is 4.97. The van der Waals surface area contributed by atoms with Gasteiger partial charge in [-0.3, -0.25) is 19.7 Å². The summed E-state index contributed by atoms with van der Waals surface area (Å²) in [7, 11) is 0. The zero-order valence-corrected chi connectivity index (χ0v) is 8.90. The Balaban J connectivity index is 2.47. The van der Waals surface area contributed by atoms with E-state index in [2.05, 4.69) is 5.32 Å². The number of nitrogens with two attached hydrogens (primary N) is 2. The topological polar surface area (TPSA) is 115 Å². The van der Waals surface area contributed by atoms with Gasteiger partial charge in [0.2, 0.25) is 11.8 Å². The molecule has 0 spiro atoms. The molecule has 17 heavy (non-hydrogen) atoms. The van der Waals surface area contributed by atoms with Crippen molar-refractivity contribution in [1.82, 2.24) is 5.32 Å². The number of nitrogens with one attached hydrogen (secondary N) is 1. The van der Waals surface area contributed by atoms with Crippen molar-refractivity contribution in [2.75, 3.05) is 0 Å². The molecule has 1 atom stereocenters. The van der Waals surface area contributed by atoms with Gasteiger partial charge in [-0.05, 0) is 17.7 Å². The van der Waals surface area contributed by atoms with Crippen LogP contribution in [0.3, 0.4) is 0 Å². The van der Waals surface area contributed by atoms with Gasteiger partial charge in [0.05, 0.1) is 6.42 Å². The Hall–Kier alpha value is -2.21. The second kappa shape index (κ2) is 3.67. The average molecular weight is 233 g/mol. The van der Waals surface area contributed by atoms with Crippen LogP contribution < -0.4 is 16.8 Å². The van der Waals surface area contributed by atoms with Crippen LogP contribution in [0.5, 0.6) is 0 Å². The van der Waals surface area contributed by atoms with E-state index < -0.39 is 23.3 Å². The molecule has 1 aliphatic rings. The number of amides is 3. The van der Waals surface area contributed by atoms with Crippen molar-refractivity contribution in [2.24, 2.45) is 11.5 Å². The maximum atomic E-state index is 11.6. The van der Waals surface area contributed by atoms with Crippen molar-refractivity contribution in [2.45, 2.75) is 12.0 Å². The summed E-state index contributed by atoms with van der Waals surface area (Å²) in [5, 5.41) is 2.14. The number of imide groups is 1. The first kappa shape index (κ1) is 11.3. The molecule has 1 aromatic carbocycles. The Kier molecular flexibility index (Phi) is 2.44. The van der Waals surface area contributed by atoms with Crippen LogP contribution in [0.4, 0.5) is 0 Å². The molecule has 0 aliphatic carbocycles. The summed E-state index contributed by atoms with van der Waals surface area (Å²) in [4.78, 5) is 33.8. The Bertz CT molecular complexity index is 526. The van der Waals surface area contributed by atoms with Crippen molar-refractivity contribution in [3.05, 3.63) is 35.4 Å². The van der Waals surface area contributed by atoms with Crippen LogP contribution in [-0.4, -0.2) is 17.7 Å². The summed E-state index contributed by atoms with van der Waals surface area (Å²) >= 11 is 0. The predicted octanol–water partition coefficient (Wildman–Crippen LogP) is -1.01. The minimum absolute atomic E-state index is 0.131. The number of carbonyl (C=O) groups excluding carboxylic acids is 3. The van der Waals surface area contributed by atoms with Crippen molar-refractivity contribution in [3.63, 3.8) is 0 Å². The maximum absolute atomic E-state index is 11.6. The second-order valence-electron chi connectivity index (χ2n) is 3.97. The van der Waals surface area contributed by atoms with Gasteiger partial charge in [-0.15, -0.1) is 0 Å². The van der Waals surface area contributed by atoms with Gasteiger partial charge in [-0.25, -0.2) is 0 Å². The highest BCUT2D eigenvalue weighted by atomic mass is 16.2. The minimum atomic E-state index is -1.41. The first-order valence-corrected chi connectivity index (χ1v) is 4.97. The fourth-order valence-electron chi connectivity index (χ4n) is 1.80. The molecule has 0 bridgehead atoms. The minimum Gasteiger partial charge on any atom is -0.366 e. The van der Waals surface area contributed by atoms with Gasteiger partial charge in [0.1, 0.15) is 5.54 Å². The van der Waals surface area contributed by atoms with Gasteiger partial charge >= 0.3 is 0 Å². The largest absolute Gasteiger partial charge is 0.366 e. The fraction of sp³-hybridized carbons (Fsp3) is 0.182. The monoisotopic (exact) mass is 233 g/mol. The Labute approximate surface area is 97.0 Å². The predicted molar refractivity (Wildman–Crippen MR) is 58.6 cm³/mol. The lowest BCUT2D eigenvalue weighted by atomic mass is 9.88. The SMILES string of the molecule is NC(=O)c1cccc(C2(N)CC(=O)NC2=O)c1. The fourth-order valence-corrected chi connectivity index (χ4v) is 1.80. The zero-order valence-electron chi connectivity index (χ0n) is 8.90. The van der Waals surface area contributed by atoms with Gasteiger partial charge in [0.25, 0.3) is 5.91 Å². The normalized spacial score (nSPS) is 23.6. The maximum Gasteiger partial charge on any atom is 0.251 e. The third-order valence-corrected chi connectivity index (χ3v) is 2.76. The van der Waals surface area contributed by atoms with E-state index in [1.807, 2.05) is 0 Å². The standard InChI is InChI=1S/C11H11N3O3/c12-9(16)6-2-1-3-7(4-6)11(13)5-8(15)14-10(11)17/h1-4H,5,13H2,(H2,12,16)(H,14,15,17). The summed E-state index contributed by atoms with van der Waals surface area (Å²) < 4.78 is 0. The van der Waals surface area contributed by atoms with Gasteiger partial charge in [0.15, 0.2) is 0 Å². The lowest BCUT2D eigenvalue weighted by molar-refractivity contribution is -0.126. The number of hydrogen-bond donors (Lipinski definition) is 3. The van der Waals surface area contributed by atoms with E-state index >= 15 is 0 Å². The quantitative estimate of drug-likeness (QED) is 0.567. The molecule has 6 nitrogen and oxygen atoms in total. The summed E-state index contributed by atoms with van der Waals surface area (Å²) in [6, 6.07) is 6.11. The molecule has 88 valence electrons. The number of hydrogen-bond acceptors (Lipinski definition) is 4. The molecule has 1 fully saturated rings. The molecule has 0 aromatic heterocycles. The third kappa shape index (κ3) is 1.78. The van der Waals surface area contributed by atoms with E-state index in [0.29, 0.717) is 5.56 Å². The third-order valence-electron chi connectivity index (χ3n) is 2.76. The number of benzene rings is 1.